The molecule has 0 radical (unpaired) electrons. The number of rotatable bonds is 3. The van der Waals surface area contributed by atoms with Crippen LogP contribution in [0.1, 0.15) is 12.2 Å². The van der Waals surface area contributed by atoms with Crippen LogP contribution in [0.4, 0.5) is 5.13 Å². The van der Waals surface area contributed by atoms with E-state index in [0.717, 1.165) is 13.1 Å². The van der Waals surface area contributed by atoms with E-state index < -0.39 is 0 Å². The summed E-state index contributed by atoms with van der Waals surface area (Å²) >= 11 is 1.19. The van der Waals surface area contributed by atoms with Crippen molar-refractivity contribution >= 4 is 22.6 Å². The van der Waals surface area contributed by atoms with E-state index >= 15 is 0 Å². The second kappa shape index (κ2) is 5.33. The molecule has 7 heteroatoms. The molecule has 88 valence electrons. The first-order valence-corrected chi connectivity index (χ1v) is 5.94. The lowest BCUT2D eigenvalue weighted by Crippen LogP contribution is -2.40. The Bertz CT molecular complexity index is 362. The van der Waals surface area contributed by atoms with Crippen LogP contribution in [0.15, 0.2) is 0 Å². The molecule has 1 aromatic heterocycles. The van der Waals surface area contributed by atoms with Crippen molar-refractivity contribution in [2.45, 2.75) is 19.4 Å². The summed E-state index contributed by atoms with van der Waals surface area (Å²) in [5, 5.41) is 6.43. The maximum atomic E-state index is 11.6. The molecule has 0 bridgehead atoms. The van der Waals surface area contributed by atoms with Crippen molar-refractivity contribution < 1.29 is 9.53 Å². The van der Waals surface area contributed by atoms with Crippen LogP contribution in [-0.2, 0) is 9.53 Å². The fraction of sp³-hybridized carbons (Fsp3) is 0.667. The van der Waals surface area contributed by atoms with Crippen molar-refractivity contribution in [1.29, 1.82) is 0 Å². The molecule has 2 heterocycles. The van der Waals surface area contributed by atoms with Gasteiger partial charge in [-0.2, -0.15) is 4.37 Å². The molecule has 1 aromatic rings. The van der Waals surface area contributed by atoms with Gasteiger partial charge in [0, 0.05) is 24.6 Å². The van der Waals surface area contributed by atoms with Crippen molar-refractivity contribution in [3.05, 3.63) is 5.82 Å². The molecule has 2 N–H and O–H groups in total. The van der Waals surface area contributed by atoms with Crippen LogP contribution in [0.2, 0.25) is 0 Å². The maximum Gasteiger partial charge on any atom is 0.228 e. The third-order valence-corrected chi connectivity index (χ3v) is 2.91. The Kier molecular flexibility index (Phi) is 3.81. The second-order valence-corrected chi connectivity index (χ2v) is 4.35. The zero-order chi connectivity index (χ0) is 11.4. The molecule has 1 aliphatic heterocycles. The van der Waals surface area contributed by atoms with Crippen molar-refractivity contribution in [1.82, 2.24) is 14.7 Å². The minimum Gasteiger partial charge on any atom is -0.375 e. The molecule has 0 aliphatic carbocycles. The van der Waals surface area contributed by atoms with E-state index in [1.54, 1.807) is 6.92 Å². The largest absolute Gasteiger partial charge is 0.375 e. The summed E-state index contributed by atoms with van der Waals surface area (Å²) in [6.45, 7) is 4.03. The van der Waals surface area contributed by atoms with Gasteiger partial charge >= 0.3 is 0 Å². The monoisotopic (exact) mass is 242 g/mol. The summed E-state index contributed by atoms with van der Waals surface area (Å²) in [5.74, 6) is 0.598. The number of carbonyl (C=O) groups excluding carboxylic acids is 1. The highest BCUT2D eigenvalue weighted by atomic mass is 32.1. The van der Waals surface area contributed by atoms with Crippen LogP contribution in [-0.4, -0.2) is 41.1 Å². The van der Waals surface area contributed by atoms with E-state index in [-0.39, 0.29) is 12.0 Å². The minimum absolute atomic E-state index is 0.0391. The Hall–Kier alpha value is -1.05. The molecular weight excluding hydrogens is 228 g/mol. The fourth-order valence-electron chi connectivity index (χ4n) is 1.48. The summed E-state index contributed by atoms with van der Waals surface area (Å²) in [4.78, 5) is 15.7. The van der Waals surface area contributed by atoms with Gasteiger partial charge in [-0.1, -0.05) is 0 Å². The predicted molar refractivity (Wildman–Crippen MR) is 60.5 cm³/mol. The van der Waals surface area contributed by atoms with E-state index in [1.165, 1.54) is 11.5 Å². The first kappa shape index (κ1) is 11.4. The van der Waals surface area contributed by atoms with Gasteiger partial charge in [0.2, 0.25) is 11.0 Å². The summed E-state index contributed by atoms with van der Waals surface area (Å²) in [7, 11) is 0. The molecule has 1 aliphatic rings. The van der Waals surface area contributed by atoms with E-state index in [1.807, 2.05) is 0 Å². The molecule has 1 amide bonds. The molecular formula is C9H14N4O2S. The van der Waals surface area contributed by atoms with Gasteiger partial charge in [-0.3, -0.25) is 4.79 Å². The highest BCUT2D eigenvalue weighted by Gasteiger charge is 2.17. The predicted octanol–water partition coefficient (Wildman–Crippen LogP) is 0.164. The molecule has 0 aromatic carbocycles. The van der Waals surface area contributed by atoms with Gasteiger partial charge in [-0.05, 0) is 6.92 Å². The Morgan fingerprint density at radius 2 is 2.62 bits per heavy atom. The van der Waals surface area contributed by atoms with Crippen LogP contribution in [0.3, 0.4) is 0 Å². The van der Waals surface area contributed by atoms with Crippen LogP contribution >= 0.6 is 11.5 Å². The van der Waals surface area contributed by atoms with E-state index in [0.29, 0.717) is 24.0 Å². The lowest BCUT2D eigenvalue weighted by molar-refractivity contribution is -0.119. The number of morpholine rings is 1. The van der Waals surface area contributed by atoms with Crippen molar-refractivity contribution in [3.63, 3.8) is 0 Å². The Morgan fingerprint density at radius 1 is 1.75 bits per heavy atom. The van der Waals surface area contributed by atoms with Gasteiger partial charge in [0.05, 0.1) is 19.1 Å². The number of ether oxygens (including phenoxy) is 1. The van der Waals surface area contributed by atoms with Crippen molar-refractivity contribution in [2.24, 2.45) is 0 Å². The van der Waals surface area contributed by atoms with Crippen LogP contribution in [0, 0.1) is 6.92 Å². The number of carbonyl (C=O) groups is 1. The topological polar surface area (TPSA) is 76.1 Å². The Balaban J connectivity index is 1.79. The average Bonchev–Trinajstić information content (AvgIpc) is 2.65. The normalized spacial score (nSPS) is 20.7. The standard InChI is InChI=1S/C9H14N4O2S/c1-6-11-9(16-13-6)12-8(14)4-7-5-10-2-3-15-7/h7,10H,2-5H2,1H3,(H,11,12,13,14). The smallest absolute Gasteiger partial charge is 0.228 e. The molecule has 6 nitrogen and oxygen atoms in total. The zero-order valence-electron chi connectivity index (χ0n) is 9.02. The van der Waals surface area contributed by atoms with Crippen molar-refractivity contribution in [2.75, 3.05) is 25.0 Å². The van der Waals surface area contributed by atoms with Gasteiger partial charge in [0.25, 0.3) is 0 Å². The van der Waals surface area contributed by atoms with E-state index in [4.69, 9.17) is 4.74 Å². The second-order valence-electron chi connectivity index (χ2n) is 3.60. The number of anilines is 1. The Labute approximate surface area is 97.6 Å². The molecule has 1 fully saturated rings. The molecule has 1 saturated heterocycles. The number of aryl methyl sites for hydroxylation is 1. The lowest BCUT2D eigenvalue weighted by Gasteiger charge is -2.22. The number of hydrogen-bond donors (Lipinski definition) is 2. The van der Waals surface area contributed by atoms with Gasteiger partial charge < -0.3 is 15.4 Å². The number of amides is 1. The first-order valence-electron chi connectivity index (χ1n) is 5.16. The average molecular weight is 242 g/mol. The maximum absolute atomic E-state index is 11.6. The number of nitrogens with zero attached hydrogens (tertiary/aromatic N) is 2. The SMILES string of the molecule is Cc1nsc(NC(=O)CC2CNCCO2)n1. The number of aromatic nitrogens is 2. The van der Waals surface area contributed by atoms with Gasteiger partial charge in [0.1, 0.15) is 5.82 Å². The Morgan fingerprint density at radius 3 is 3.25 bits per heavy atom. The molecule has 1 atom stereocenters. The van der Waals surface area contributed by atoms with Gasteiger partial charge in [-0.25, -0.2) is 4.98 Å². The molecule has 2 rings (SSSR count). The van der Waals surface area contributed by atoms with E-state index in [2.05, 4.69) is 20.0 Å². The number of hydrogen-bond acceptors (Lipinski definition) is 6. The summed E-state index contributed by atoms with van der Waals surface area (Å²) in [6, 6.07) is 0. The lowest BCUT2D eigenvalue weighted by atomic mass is 10.2. The highest BCUT2D eigenvalue weighted by molar-refractivity contribution is 7.09. The summed E-state index contributed by atoms with van der Waals surface area (Å²) < 4.78 is 9.42. The quantitative estimate of drug-likeness (QED) is 0.790. The minimum atomic E-state index is -0.0788. The van der Waals surface area contributed by atoms with Gasteiger partial charge in [-0.15, -0.1) is 0 Å². The third kappa shape index (κ3) is 3.22. The van der Waals surface area contributed by atoms with Crippen LogP contribution in [0.5, 0.6) is 0 Å². The summed E-state index contributed by atoms with van der Waals surface area (Å²) in [6.07, 6.45) is 0.314. The third-order valence-electron chi connectivity index (χ3n) is 2.19. The molecule has 0 spiro atoms. The molecule has 1 unspecified atom stereocenters. The summed E-state index contributed by atoms with van der Waals surface area (Å²) in [5.41, 5.74) is 0. The fourth-order valence-corrected chi connectivity index (χ4v) is 2.07. The molecule has 0 saturated carbocycles. The number of nitrogens with one attached hydrogen (secondary N) is 2. The first-order chi connectivity index (χ1) is 7.74. The highest BCUT2D eigenvalue weighted by Crippen LogP contribution is 2.11. The zero-order valence-corrected chi connectivity index (χ0v) is 9.84. The van der Waals surface area contributed by atoms with Crippen LogP contribution in [0.25, 0.3) is 0 Å². The molecule has 16 heavy (non-hydrogen) atoms. The van der Waals surface area contributed by atoms with E-state index in [9.17, 15) is 4.79 Å². The van der Waals surface area contributed by atoms with Gasteiger partial charge in [0.15, 0.2) is 0 Å². The van der Waals surface area contributed by atoms with Crippen LogP contribution < -0.4 is 10.6 Å². The van der Waals surface area contributed by atoms with Crippen molar-refractivity contribution in [3.8, 4) is 0 Å².